The summed E-state index contributed by atoms with van der Waals surface area (Å²) in [6.07, 6.45) is 0. The van der Waals surface area contributed by atoms with Crippen LogP contribution in [0.15, 0.2) is 12.1 Å². The molecule has 0 fully saturated rings. The Morgan fingerprint density at radius 3 is 2.56 bits per heavy atom. The van der Waals surface area contributed by atoms with Crippen molar-refractivity contribution in [3.8, 4) is 0 Å². The van der Waals surface area contributed by atoms with Crippen molar-refractivity contribution in [1.29, 1.82) is 0 Å². The first kappa shape index (κ1) is 15.1. The molecule has 1 N–H and O–H groups in total. The second kappa shape index (κ2) is 6.27. The van der Waals surface area contributed by atoms with Crippen molar-refractivity contribution in [2.75, 3.05) is 5.33 Å². The van der Waals surface area contributed by atoms with Crippen LogP contribution in [0.3, 0.4) is 0 Å². The van der Waals surface area contributed by atoms with Crippen LogP contribution >= 0.6 is 15.9 Å². The van der Waals surface area contributed by atoms with E-state index in [4.69, 9.17) is 0 Å². The number of nitrogens with one attached hydrogen (secondary N) is 1. The van der Waals surface area contributed by atoms with Crippen LogP contribution in [0.1, 0.15) is 29.8 Å². The van der Waals surface area contributed by atoms with Gasteiger partial charge in [0.05, 0.1) is 0 Å². The molecule has 0 heterocycles. The number of rotatable bonds is 4. The Kier molecular flexibility index (Phi) is 5.26. The van der Waals surface area contributed by atoms with Gasteiger partial charge in [-0.25, -0.2) is 8.78 Å². The lowest BCUT2D eigenvalue weighted by Crippen LogP contribution is -2.38. The second-order valence-corrected chi connectivity index (χ2v) is 5.09. The molecule has 0 saturated carbocycles. The van der Waals surface area contributed by atoms with E-state index in [1.165, 1.54) is 13.0 Å². The summed E-state index contributed by atoms with van der Waals surface area (Å²) >= 11 is 3.30. The summed E-state index contributed by atoms with van der Waals surface area (Å²) in [5.41, 5.74) is -0.258. The number of alkyl halides is 1. The largest absolute Gasteiger partial charge is 0.349 e. The molecule has 2 unspecified atom stereocenters. The number of amides is 1. The van der Waals surface area contributed by atoms with Gasteiger partial charge in [-0.15, -0.1) is 0 Å². The fourth-order valence-corrected chi connectivity index (χ4v) is 1.98. The van der Waals surface area contributed by atoms with Crippen LogP contribution in [0.4, 0.5) is 8.78 Å². The van der Waals surface area contributed by atoms with Crippen molar-refractivity contribution in [3.63, 3.8) is 0 Å². The van der Waals surface area contributed by atoms with Gasteiger partial charge in [0, 0.05) is 11.4 Å². The molecule has 1 amide bonds. The fraction of sp³-hybridized carbons (Fsp3) is 0.462. The summed E-state index contributed by atoms with van der Waals surface area (Å²) in [6.45, 7) is 5.23. The Morgan fingerprint density at radius 2 is 2.00 bits per heavy atom. The third kappa shape index (κ3) is 3.28. The number of aryl methyl sites for hydroxylation is 1. The monoisotopic (exact) mass is 319 g/mol. The molecule has 0 bridgehead atoms. The highest BCUT2D eigenvalue weighted by Crippen LogP contribution is 2.17. The molecule has 18 heavy (non-hydrogen) atoms. The van der Waals surface area contributed by atoms with Crippen LogP contribution in [0.5, 0.6) is 0 Å². The van der Waals surface area contributed by atoms with E-state index in [1.54, 1.807) is 6.92 Å². The molecule has 100 valence electrons. The Morgan fingerprint density at radius 1 is 1.39 bits per heavy atom. The van der Waals surface area contributed by atoms with Gasteiger partial charge in [-0.05, 0) is 31.4 Å². The SMILES string of the molecule is Cc1ccc(F)c(C(=O)NC(C)C(C)CBr)c1F. The standard InChI is InChI=1S/C13H16BrF2NO/c1-7-4-5-10(15)11(12(7)16)13(18)17-9(3)8(2)6-14/h4-5,8-9H,6H2,1-3H3,(H,17,18). The summed E-state index contributed by atoms with van der Waals surface area (Å²) in [5.74, 6) is -2.18. The summed E-state index contributed by atoms with van der Waals surface area (Å²) in [4.78, 5) is 11.9. The van der Waals surface area contributed by atoms with Gasteiger partial charge in [0.15, 0.2) is 0 Å². The van der Waals surface area contributed by atoms with Gasteiger partial charge in [0.25, 0.3) is 5.91 Å². The summed E-state index contributed by atoms with van der Waals surface area (Å²) in [5, 5.41) is 3.31. The molecule has 0 spiro atoms. The van der Waals surface area contributed by atoms with Gasteiger partial charge >= 0.3 is 0 Å². The molecule has 0 radical (unpaired) electrons. The van der Waals surface area contributed by atoms with Crippen molar-refractivity contribution >= 4 is 21.8 Å². The highest BCUT2D eigenvalue weighted by molar-refractivity contribution is 9.09. The smallest absolute Gasteiger partial charge is 0.257 e. The Bertz CT molecular complexity index is 451. The zero-order valence-corrected chi connectivity index (χ0v) is 12.1. The van der Waals surface area contributed by atoms with Gasteiger partial charge in [0.2, 0.25) is 0 Å². The minimum Gasteiger partial charge on any atom is -0.349 e. The van der Waals surface area contributed by atoms with Crippen LogP contribution in [-0.2, 0) is 0 Å². The van der Waals surface area contributed by atoms with Crippen LogP contribution in [0, 0.1) is 24.5 Å². The van der Waals surface area contributed by atoms with E-state index in [0.29, 0.717) is 5.33 Å². The first-order chi connectivity index (χ1) is 8.38. The Balaban J connectivity index is 2.95. The first-order valence-electron chi connectivity index (χ1n) is 5.69. The highest BCUT2D eigenvalue weighted by atomic mass is 79.9. The van der Waals surface area contributed by atoms with E-state index >= 15 is 0 Å². The van der Waals surface area contributed by atoms with Crippen molar-refractivity contribution in [2.45, 2.75) is 26.8 Å². The molecule has 1 aromatic rings. The first-order valence-corrected chi connectivity index (χ1v) is 6.82. The molecule has 0 aliphatic rings. The van der Waals surface area contributed by atoms with Gasteiger partial charge < -0.3 is 5.32 Å². The average molecular weight is 320 g/mol. The maximum atomic E-state index is 13.7. The summed E-state index contributed by atoms with van der Waals surface area (Å²) in [6, 6.07) is 2.24. The minimum absolute atomic E-state index is 0.170. The van der Waals surface area contributed by atoms with Crippen molar-refractivity contribution in [3.05, 3.63) is 34.9 Å². The maximum Gasteiger partial charge on any atom is 0.257 e. The summed E-state index contributed by atoms with van der Waals surface area (Å²) < 4.78 is 27.2. The van der Waals surface area contributed by atoms with E-state index in [1.807, 2.05) is 6.92 Å². The zero-order chi connectivity index (χ0) is 13.9. The molecular formula is C13H16BrF2NO. The minimum atomic E-state index is -0.839. The van der Waals surface area contributed by atoms with Gasteiger partial charge in [-0.3, -0.25) is 4.79 Å². The van der Waals surface area contributed by atoms with Gasteiger partial charge in [-0.2, -0.15) is 0 Å². The molecule has 0 saturated heterocycles. The normalized spacial score (nSPS) is 14.1. The number of hydrogen-bond acceptors (Lipinski definition) is 1. The van der Waals surface area contributed by atoms with Gasteiger partial charge in [-0.1, -0.05) is 28.9 Å². The molecular weight excluding hydrogens is 304 g/mol. The molecule has 0 aliphatic carbocycles. The predicted molar refractivity (Wildman–Crippen MR) is 71.0 cm³/mol. The number of halogens is 3. The summed E-state index contributed by atoms with van der Waals surface area (Å²) in [7, 11) is 0. The average Bonchev–Trinajstić information content (AvgIpc) is 2.33. The maximum absolute atomic E-state index is 13.7. The molecule has 1 aromatic carbocycles. The van der Waals surface area contributed by atoms with E-state index in [0.717, 1.165) is 6.07 Å². The quantitative estimate of drug-likeness (QED) is 0.846. The molecule has 0 aliphatic heterocycles. The lowest BCUT2D eigenvalue weighted by molar-refractivity contribution is 0.0922. The molecule has 1 rings (SSSR count). The van der Waals surface area contributed by atoms with E-state index in [2.05, 4.69) is 21.2 Å². The Labute approximate surface area is 114 Å². The third-order valence-electron chi connectivity index (χ3n) is 2.97. The van der Waals surface area contributed by atoms with Crippen molar-refractivity contribution in [2.24, 2.45) is 5.92 Å². The number of carbonyl (C=O) groups excluding carboxylic acids is 1. The third-order valence-corrected chi connectivity index (χ3v) is 3.99. The van der Waals surface area contributed by atoms with E-state index < -0.39 is 23.1 Å². The zero-order valence-electron chi connectivity index (χ0n) is 10.6. The Hall–Kier alpha value is -0.970. The van der Waals surface area contributed by atoms with Crippen LogP contribution in [0.2, 0.25) is 0 Å². The molecule has 0 aromatic heterocycles. The van der Waals surface area contributed by atoms with E-state index in [-0.39, 0.29) is 17.5 Å². The lowest BCUT2D eigenvalue weighted by Gasteiger charge is -2.19. The number of hydrogen-bond donors (Lipinski definition) is 1. The topological polar surface area (TPSA) is 29.1 Å². The second-order valence-electron chi connectivity index (χ2n) is 4.45. The molecule has 2 nitrogen and oxygen atoms in total. The van der Waals surface area contributed by atoms with Crippen LogP contribution < -0.4 is 5.32 Å². The molecule has 5 heteroatoms. The molecule has 2 atom stereocenters. The van der Waals surface area contributed by atoms with Crippen molar-refractivity contribution < 1.29 is 13.6 Å². The van der Waals surface area contributed by atoms with Gasteiger partial charge in [0.1, 0.15) is 17.2 Å². The van der Waals surface area contributed by atoms with E-state index in [9.17, 15) is 13.6 Å². The van der Waals surface area contributed by atoms with Crippen molar-refractivity contribution in [1.82, 2.24) is 5.32 Å². The van der Waals surface area contributed by atoms with Crippen LogP contribution in [0.25, 0.3) is 0 Å². The fourth-order valence-electron chi connectivity index (χ4n) is 1.42. The number of benzene rings is 1. The predicted octanol–water partition coefficient (Wildman–Crippen LogP) is 3.42. The van der Waals surface area contributed by atoms with Crippen LogP contribution in [-0.4, -0.2) is 17.3 Å². The number of carbonyl (C=O) groups is 1. The lowest BCUT2D eigenvalue weighted by atomic mass is 10.0. The highest BCUT2D eigenvalue weighted by Gasteiger charge is 2.22.